The second kappa shape index (κ2) is 2.59. The zero-order chi connectivity index (χ0) is 6.69. The number of aromatic nitrogens is 2. The van der Waals surface area contributed by atoms with Crippen molar-refractivity contribution in [3.05, 3.63) is 16.9 Å². The van der Waals surface area contributed by atoms with Gasteiger partial charge in [-0.2, -0.15) is 5.10 Å². The molecule has 0 aliphatic carbocycles. The van der Waals surface area contributed by atoms with Gasteiger partial charge in [-0.1, -0.05) is 12.2 Å². The molecule has 0 saturated carbocycles. The van der Waals surface area contributed by atoms with E-state index >= 15 is 0 Å². The quantitative estimate of drug-likeness (QED) is 0.598. The van der Waals surface area contributed by atoms with Gasteiger partial charge < -0.3 is 4.74 Å². The fourth-order valence-corrected chi connectivity index (χ4v) is 0.639. The van der Waals surface area contributed by atoms with Gasteiger partial charge in [0.25, 0.3) is 0 Å². The van der Waals surface area contributed by atoms with Crippen molar-refractivity contribution in [1.29, 1.82) is 0 Å². The summed E-state index contributed by atoms with van der Waals surface area (Å²) in [5, 5.41) is 6.29. The highest BCUT2D eigenvalue weighted by molar-refractivity contribution is 7.71. The van der Waals surface area contributed by atoms with Gasteiger partial charge in [-0.25, -0.2) is 0 Å². The van der Waals surface area contributed by atoms with Crippen molar-refractivity contribution in [2.45, 2.75) is 0 Å². The van der Waals surface area contributed by atoms with E-state index in [9.17, 15) is 0 Å². The lowest BCUT2D eigenvalue weighted by molar-refractivity contribution is 0.411. The Kier molecular flexibility index (Phi) is 1.79. The van der Waals surface area contributed by atoms with E-state index in [-0.39, 0.29) is 0 Å². The van der Waals surface area contributed by atoms with Crippen LogP contribution in [0.4, 0.5) is 0 Å². The second-order valence-electron chi connectivity index (χ2n) is 1.49. The fourth-order valence-electron chi connectivity index (χ4n) is 0.470. The molecule has 0 aromatic carbocycles. The maximum atomic E-state index is 4.85. The molecular weight excluding hydrogens is 136 g/mol. The van der Waals surface area contributed by atoms with Crippen LogP contribution in [0, 0.1) is 4.64 Å². The summed E-state index contributed by atoms with van der Waals surface area (Å²) in [6.45, 7) is 0. The van der Waals surface area contributed by atoms with Gasteiger partial charge in [0.15, 0.2) is 0 Å². The van der Waals surface area contributed by atoms with Gasteiger partial charge in [0.1, 0.15) is 10.4 Å². The highest BCUT2D eigenvalue weighted by atomic mass is 32.1. The molecule has 1 aromatic heterocycles. The normalized spacial score (nSPS) is 9.00. The van der Waals surface area contributed by atoms with Crippen LogP contribution >= 0.6 is 12.2 Å². The molecular formula is C5H6N2OS. The molecule has 1 N–H and O–H groups in total. The number of hydrogen-bond donors (Lipinski definition) is 1. The Morgan fingerprint density at radius 2 is 2.56 bits per heavy atom. The monoisotopic (exact) mass is 142 g/mol. The SMILES string of the molecule is COc1cn[nH]c(=S)c1. The first-order valence-electron chi connectivity index (χ1n) is 2.41. The first kappa shape index (κ1) is 6.22. The summed E-state index contributed by atoms with van der Waals surface area (Å²) in [6, 6.07) is 1.70. The smallest absolute Gasteiger partial charge is 0.141 e. The van der Waals surface area contributed by atoms with Crippen LogP contribution < -0.4 is 4.74 Å². The molecule has 48 valence electrons. The maximum Gasteiger partial charge on any atom is 0.141 e. The molecule has 0 saturated heterocycles. The van der Waals surface area contributed by atoms with E-state index < -0.39 is 0 Å². The Balaban J connectivity index is 3.08. The lowest BCUT2D eigenvalue weighted by Crippen LogP contribution is -1.85. The van der Waals surface area contributed by atoms with Crippen LogP contribution in [0.15, 0.2) is 12.3 Å². The summed E-state index contributed by atoms with van der Waals surface area (Å²) in [5.74, 6) is 0.679. The molecule has 1 aromatic rings. The molecule has 0 atom stereocenters. The first-order valence-corrected chi connectivity index (χ1v) is 2.82. The summed E-state index contributed by atoms with van der Waals surface area (Å²) >= 11 is 4.77. The van der Waals surface area contributed by atoms with Crippen molar-refractivity contribution >= 4 is 12.2 Å². The third-order valence-electron chi connectivity index (χ3n) is 0.876. The van der Waals surface area contributed by atoms with Crippen molar-refractivity contribution in [3.8, 4) is 5.75 Å². The van der Waals surface area contributed by atoms with Crippen LogP contribution in [0.2, 0.25) is 0 Å². The van der Waals surface area contributed by atoms with Crippen LogP contribution in [0.25, 0.3) is 0 Å². The molecule has 0 spiro atoms. The number of H-pyrrole nitrogens is 1. The molecule has 1 heterocycles. The average molecular weight is 142 g/mol. The third-order valence-corrected chi connectivity index (χ3v) is 1.08. The summed E-state index contributed by atoms with van der Waals surface area (Å²) in [4.78, 5) is 0. The molecule has 1 rings (SSSR count). The lowest BCUT2D eigenvalue weighted by Gasteiger charge is -1.94. The van der Waals surface area contributed by atoms with E-state index in [2.05, 4.69) is 10.2 Å². The number of nitrogens with one attached hydrogen (secondary N) is 1. The molecule has 0 amide bonds. The number of rotatable bonds is 1. The van der Waals surface area contributed by atoms with Gasteiger partial charge in [0.05, 0.1) is 13.3 Å². The van der Waals surface area contributed by atoms with Crippen LogP contribution in [-0.2, 0) is 0 Å². The first-order chi connectivity index (χ1) is 4.33. The highest BCUT2D eigenvalue weighted by Gasteiger charge is 1.85. The van der Waals surface area contributed by atoms with Crippen LogP contribution in [-0.4, -0.2) is 17.3 Å². The van der Waals surface area contributed by atoms with E-state index in [1.54, 1.807) is 19.4 Å². The lowest BCUT2D eigenvalue weighted by atomic mass is 10.5. The predicted molar refractivity (Wildman–Crippen MR) is 36.0 cm³/mol. The van der Waals surface area contributed by atoms with Crippen LogP contribution in [0.1, 0.15) is 0 Å². The minimum Gasteiger partial charge on any atom is -0.495 e. The summed E-state index contributed by atoms with van der Waals surface area (Å²) in [6.07, 6.45) is 1.57. The Bertz CT molecular complexity index is 245. The third kappa shape index (κ3) is 1.50. The summed E-state index contributed by atoms with van der Waals surface area (Å²) in [5.41, 5.74) is 0. The van der Waals surface area contributed by atoms with Crippen LogP contribution in [0.5, 0.6) is 5.75 Å². The molecule has 0 radical (unpaired) electrons. The molecule has 0 aliphatic heterocycles. The largest absolute Gasteiger partial charge is 0.495 e. The molecule has 0 aliphatic rings. The van der Waals surface area contributed by atoms with Crippen molar-refractivity contribution in [2.75, 3.05) is 7.11 Å². The number of ether oxygens (including phenoxy) is 1. The second-order valence-corrected chi connectivity index (χ2v) is 1.92. The number of nitrogens with zero attached hydrogens (tertiary/aromatic N) is 1. The predicted octanol–water partition coefficient (Wildman–Crippen LogP) is 1.15. The summed E-state index contributed by atoms with van der Waals surface area (Å²) < 4.78 is 5.42. The van der Waals surface area contributed by atoms with E-state index in [0.717, 1.165) is 0 Å². The Morgan fingerprint density at radius 1 is 1.78 bits per heavy atom. The Hall–Kier alpha value is -0.900. The summed E-state index contributed by atoms with van der Waals surface area (Å²) in [7, 11) is 1.58. The molecule has 0 bridgehead atoms. The molecule has 9 heavy (non-hydrogen) atoms. The van der Waals surface area contributed by atoms with Crippen molar-refractivity contribution in [3.63, 3.8) is 0 Å². The topological polar surface area (TPSA) is 37.9 Å². The number of methoxy groups -OCH3 is 1. The molecule has 4 heteroatoms. The Labute approximate surface area is 57.7 Å². The number of aromatic amines is 1. The molecule has 3 nitrogen and oxygen atoms in total. The minimum atomic E-state index is 0.578. The van der Waals surface area contributed by atoms with Gasteiger partial charge in [-0.05, 0) is 0 Å². The zero-order valence-corrected chi connectivity index (χ0v) is 5.73. The fraction of sp³-hybridized carbons (Fsp3) is 0.200. The standard InChI is InChI=1S/C5H6N2OS/c1-8-4-2-5(9)7-6-3-4/h2-3H,1H3,(H,7,9). The Morgan fingerprint density at radius 3 is 3.00 bits per heavy atom. The van der Waals surface area contributed by atoms with Crippen molar-refractivity contribution in [1.82, 2.24) is 10.2 Å². The highest BCUT2D eigenvalue weighted by Crippen LogP contribution is 2.03. The minimum absolute atomic E-state index is 0.578. The van der Waals surface area contributed by atoms with Gasteiger partial charge >= 0.3 is 0 Å². The van der Waals surface area contributed by atoms with Gasteiger partial charge in [0.2, 0.25) is 0 Å². The average Bonchev–Trinajstić information content (AvgIpc) is 1.88. The van der Waals surface area contributed by atoms with Crippen molar-refractivity contribution in [2.24, 2.45) is 0 Å². The van der Waals surface area contributed by atoms with E-state index in [1.165, 1.54) is 0 Å². The van der Waals surface area contributed by atoms with E-state index in [1.807, 2.05) is 0 Å². The maximum absolute atomic E-state index is 4.85. The van der Waals surface area contributed by atoms with E-state index in [0.29, 0.717) is 10.4 Å². The van der Waals surface area contributed by atoms with Gasteiger partial charge in [-0.15, -0.1) is 0 Å². The van der Waals surface area contributed by atoms with Gasteiger partial charge in [0, 0.05) is 6.07 Å². The number of hydrogen-bond acceptors (Lipinski definition) is 3. The van der Waals surface area contributed by atoms with Crippen LogP contribution in [0.3, 0.4) is 0 Å². The van der Waals surface area contributed by atoms with E-state index in [4.69, 9.17) is 17.0 Å². The van der Waals surface area contributed by atoms with Gasteiger partial charge in [-0.3, -0.25) is 5.10 Å². The zero-order valence-electron chi connectivity index (χ0n) is 4.92. The van der Waals surface area contributed by atoms with Crippen molar-refractivity contribution < 1.29 is 4.74 Å². The molecule has 0 fully saturated rings. The molecule has 0 unspecified atom stereocenters.